The van der Waals surface area contributed by atoms with E-state index in [1.165, 1.54) is 12.1 Å². The molecule has 0 aliphatic heterocycles. The summed E-state index contributed by atoms with van der Waals surface area (Å²) in [5.74, 6) is 0. The van der Waals surface area contributed by atoms with Crippen LogP contribution in [-0.2, 0) is 4.52 Å². The standard InChI is InChI=1S/C26H21F3OP/c27-26(28,29)25(21-13-5-1-6-14-21)30-31(22-15-7-2-8-16-22,23-17-9-3-10-18-23)24-19-11-4-12-20-24/h1-20,25H/q+1/t25-/m0/s1. The Morgan fingerprint density at radius 2 is 0.839 bits per heavy atom. The van der Waals surface area contributed by atoms with Gasteiger partial charge in [-0.15, -0.1) is 0 Å². The second kappa shape index (κ2) is 9.05. The molecule has 0 fully saturated rings. The maximum atomic E-state index is 14.4. The lowest BCUT2D eigenvalue weighted by molar-refractivity contribution is -0.196. The summed E-state index contributed by atoms with van der Waals surface area (Å²) in [6, 6.07) is 35.5. The minimum atomic E-state index is -4.58. The number of rotatable bonds is 6. The highest BCUT2D eigenvalue weighted by molar-refractivity contribution is 7.91. The van der Waals surface area contributed by atoms with Crippen LogP contribution in [0.15, 0.2) is 121 Å². The molecule has 1 nitrogen and oxygen atoms in total. The molecule has 0 bridgehead atoms. The Labute approximate surface area is 180 Å². The molecule has 0 saturated carbocycles. The molecule has 31 heavy (non-hydrogen) atoms. The molecule has 1 atom stereocenters. The van der Waals surface area contributed by atoms with Gasteiger partial charge in [-0.2, -0.15) is 13.2 Å². The van der Waals surface area contributed by atoms with E-state index >= 15 is 0 Å². The van der Waals surface area contributed by atoms with Gasteiger partial charge in [-0.05, 0) is 42.0 Å². The highest BCUT2D eigenvalue weighted by Crippen LogP contribution is 2.61. The SMILES string of the molecule is FC(F)(F)[C@@H](O[P+](c1ccccc1)(c1ccccc1)c1ccccc1)c1ccccc1. The van der Waals surface area contributed by atoms with Crippen molar-refractivity contribution >= 4 is 23.4 Å². The Balaban J connectivity index is 2.00. The topological polar surface area (TPSA) is 9.23 Å². The van der Waals surface area contributed by atoms with E-state index in [1.807, 2.05) is 91.0 Å². The zero-order valence-corrected chi connectivity index (χ0v) is 17.5. The number of hydrogen-bond acceptors (Lipinski definition) is 1. The zero-order chi connectivity index (χ0) is 21.7. The van der Waals surface area contributed by atoms with Crippen molar-refractivity contribution in [2.45, 2.75) is 12.3 Å². The van der Waals surface area contributed by atoms with E-state index in [0.717, 1.165) is 15.9 Å². The van der Waals surface area contributed by atoms with Crippen LogP contribution in [0.3, 0.4) is 0 Å². The van der Waals surface area contributed by atoms with Crippen LogP contribution in [0.25, 0.3) is 0 Å². The first-order chi connectivity index (χ1) is 15.0. The minimum Gasteiger partial charge on any atom is -0.204 e. The summed E-state index contributed by atoms with van der Waals surface area (Å²) in [5.41, 5.74) is 0.0853. The van der Waals surface area contributed by atoms with E-state index in [-0.39, 0.29) is 5.56 Å². The van der Waals surface area contributed by atoms with Crippen LogP contribution in [0, 0.1) is 0 Å². The minimum absolute atomic E-state index is 0.0853. The van der Waals surface area contributed by atoms with Crippen molar-refractivity contribution in [3.63, 3.8) is 0 Å². The van der Waals surface area contributed by atoms with Gasteiger partial charge in [0.2, 0.25) is 13.6 Å². The van der Waals surface area contributed by atoms with Gasteiger partial charge in [0.05, 0.1) is 0 Å². The van der Waals surface area contributed by atoms with Gasteiger partial charge in [-0.3, -0.25) is 0 Å². The molecule has 0 amide bonds. The molecular weight excluding hydrogens is 416 g/mol. The van der Waals surface area contributed by atoms with Gasteiger partial charge < -0.3 is 0 Å². The van der Waals surface area contributed by atoms with E-state index in [9.17, 15) is 13.2 Å². The fraction of sp³-hybridized carbons (Fsp3) is 0.0769. The Hall–Kier alpha value is -2.94. The van der Waals surface area contributed by atoms with Gasteiger partial charge in [0.25, 0.3) is 0 Å². The molecule has 0 aromatic heterocycles. The van der Waals surface area contributed by atoms with Crippen LogP contribution in [-0.4, -0.2) is 6.18 Å². The molecular formula is C26H21F3OP+. The van der Waals surface area contributed by atoms with E-state index in [0.29, 0.717) is 0 Å². The van der Waals surface area contributed by atoms with Gasteiger partial charge in [0, 0.05) is 0 Å². The zero-order valence-electron chi connectivity index (χ0n) is 16.6. The molecule has 4 aromatic carbocycles. The van der Waals surface area contributed by atoms with Crippen LogP contribution >= 0.6 is 7.49 Å². The maximum Gasteiger partial charge on any atom is 0.423 e. The van der Waals surface area contributed by atoms with Crippen molar-refractivity contribution in [1.29, 1.82) is 0 Å². The molecule has 4 rings (SSSR count). The van der Waals surface area contributed by atoms with Crippen LogP contribution < -0.4 is 15.9 Å². The second-order valence-electron chi connectivity index (χ2n) is 7.05. The molecule has 0 aliphatic rings. The van der Waals surface area contributed by atoms with Crippen molar-refractivity contribution in [1.82, 2.24) is 0 Å². The average Bonchev–Trinajstić information content (AvgIpc) is 2.81. The van der Waals surface area contributed by atoms with Gasteiger partial charge in [0.15, 0.2) is 0 Å². The first-order valence-electron chi connectivity index (χ1n) is 9.88. The van der Waals surface area contributed by atoms with E-state index in [4.69, 9.17) is 4.52 Å². The fourth-order valence-electron chi connectivity index (χ4n) is 3.64. The highest BCUT2D eigenvalue weighted by Gasteiger charge is 2.56. The lowest BCUT2D eigenvalue weighted by Crippen LogP contribution is -2.36. The second-order valence-corrected chi connectivity index (χ2v) is 10.0. The molecule has 156 valence electrons. The van der Waals surface area contributed by atoms with Crippen molar-refractivity contribution < 1.29 is 17.7 Å². The molecule has 4 aromatic rings. The maximum absolute atomic E-state index is 14.4. The number of alkyl halides is 3. The first kappa shape index (κ1) is 21.3. The Bertz CT molecular complexity index is 988. The van der Waals surface area contributed by atoms with Gasteiger partial charge in [0.1, 0.15) is 15.9 Å². The third-order valence-electron chi connectivity index (χ3n) is 5.02. The number of halogens is 3. The summed E-state index contributed by atoms with van der Waals surface area (Å²) < 4.78 is 49.5. The average molecular weight is 437 g/mol. The molecule has 5 heteroatoms. The predicted octanol–water partition coefficient (Wildman–Crippen LogP) is 6.22. The first-order valence-corrected chi connectivity index (χ1v) is 11.6. The Morgan fingerprint density at radius 3 is 1.16 bits per heavy atom. The predicted molar refractivity (Wildman–Crippen MR) is 121 cm³/mol. The van der Waals surface area contributed by atoms with Crippen molar-refractivity contribution in [3.8, 4) is 0 Å². The number of benzene rings is 4. The van der Waals surface area contributed by atoms with Gasteiger partial charge in [-0.1, -0.05) is 84.9 Å². The highest BCUT2D eigenvalue weighted by atomic mass is 31.2. The van der Waals surface area contributed by atoms with E-state index < -0.39 is 19.8 Å². The van der Waals surface area contributed by atoms with Crippen LogP contribution in [0.2, 0.25) is 0 Å². The Kier molecular flexibility index (Phi) is 6.22. The molecule has 0 heterocycles. The third-order valence-corrected chi connectivity index (χ3v) is 8.63. The van der Waals surface area contributed by atoms with Crippen molar-refractivity contribution in [2.75, 3.05) is 0 Å². The normalized spacial score (nSPS) is 13.0. The summed E-state index contributed by atoms with van der Waals surface area (Å²) >= 11 is 0. The fourth-order valence-corrected chi connectivity index (χ4v) is 7.23. The smallest absolute Gasteiger partial charge is 0.204 e. The molecule has 0 spiro atoms. The lowest BCUT2D eigenvalue weighted by atomic mass is 10.1. The largest absolute Gasteiger partial charge is 0.423 e. The van der Waals surface area contributed by atoms with Crippen LogP contribution in [0.1, 0.15) is 11.7 Å². The monoisotopic (exact) mass is 437 g/mol. The molecule has 0 N–H and O–H groups in total. The van der Waals surface area contributed by atoms with Gasteiger partial charge >= 0.3 is 6.18 Å². The van der Waals surface area contributed by atoms with Crippen LogP contribution in [0.4, 0.5) is 13.2 Å². The Morgan fingerprint density at radius 1 is 0.516 bits per heavy atom. The number of hydrogen-bond donors (Lipinski definition) is 0. The molecule has 0 aliphatic carbocycles. The summed E-state index contributed by atoms with van der Waals surface area (Å²) in [6.07, 6.45) is -6.65. The van der Waals surface area contributed by atoms with Gasteiger partial charge in [-0.25, -0.2) is 4.52 Å². The molecule has 0 saturated heterocycles. The van der Waals surface area contributed by atoms with Crippen molar-refractivity contribution in [2.24, 2.45) is 0 Å². The summed E-state index contributed by atoms with van der Waals surface area (Å²) in [5, 5.41) is 2.20. The van der Waals surface area contributed by atoms with E-state index in [1.54, 1.807) is 18.2 Å². The van der Waals surface area contributed by atoms with E-state index in [2.05, 4.69) is 0 Å². The summed E-state index contributed by atoms with van der Waals surface area (Å²) in [6.45, 7) is 0. The van der Waals surface area contributed by atoms with Crippen LogP contribution in [0.5, 0.6) is 0 Å². The quantitative estimate of drug-likeness (QED) is 0.326. The molecule has 0 unspecified atom stereocenters. The third kappa shape index (κ3) is 4.41. The molecule has 0 radical (unpaired) electrons. The summed E-state index contributed by atoms with van der Waals surface area (Å²) in [7, 11) is -3.09. The lowest BCUT2D eigenvalue weighted by Gasteiger charge is -2.30. The summed E-state index contributed by atoms with van der Waals surface area (Å²) in [4.78, 5) is 0. The van der Waals surface area contributed by atoms with Crippen molar-refractivity contribution in [3.05, 3.63) is 127 Å².